The standard InChI is InChI=1S/C10H13BF3O.K/c1-10(2,3)7-4-5-8(9(15)6-7)11(12,13)14;/h4-6,15H,1-3H3;/q-1;+1. The first-order valence-electron chi connectivity index (χ1n) is 4.65. The molecule has 0 saturated heterocycles. The molecule has 0 aromatic heterocycles. The largest absolute Gasteiger partial charge is 1.00 e. The number of hydrogen-bond donors (Lipinski definition) is 1. The predicted octanol–water partition coefficient (Wildman–Crippen LogP) is -0.252. The third-order valence-corrected chi connectivity index (χ3v) is 2.25. The molecule has 1 nitrogen and oxygen atoms in total. The van der Waals surface area contributed by atoms with Crippen molar-refractivity contribution in [3.63, 3.8) is 0 Å². The van der Waals surface area contributed by atoms with Gasteiger partial charge in [-0.3, -0.25) is 0 Å². The Morgan fingerprint density at radius 3 is 1.94 bits per heavy atom. The maximum atomic E-state index is 12.4. The minimum Gasteiger partial charge on any atom is -0.511 e. The number of aromatic hydroxyl groups is 1. The van der Waals surface area contributed by atoms with Crippen LogP contribution in [0.5, 0.6) is 5.75 Å². The summed E-state index contributed by atoms with van der Waals surface area (Å²) < 4.78 is 37.1. The van der Waals surface area contributed by atoms with E-state index >= 15 is 0 Å². The molecule has 0 atom stereocenters. The van der Waals surface area contributed by atoms with Gasteiger partial charge in [-0.25, -0.2) is 0 Å². The summed E-state index contributed by atoms with van der Waals surface area (Å²) >= 11 is 0. The second-order valence-electron chi connectivity index (χ2n) is 4.60. The van der Waals surface area contributed by atoms with Gasteiger partial charge in [0.1, 0.15) is 0 Å². The van der Waals surface area contributed by atoms with E-state index in [1.165, 1.54) is 12.1 Å². The van der Waals surface area contributed by atoms with Crippen LogP contribution in [0.1, 0.15) is 26.3 Å². The zero-order valence-corrected chi connectivity index (χ0v) is 13.0. The quantitative estimate of drug-likeness (QED) is 0.687. The van der Waals surface area contributed by atoms with Gasteiger partial charge in [0, 0.05) is 0 Å². The normalized spacial score (nSPS) is 12.1. The molecule has 0 fully saturated rings. The van der Waals surface area contributed by atoms with Crippen LogP contribution in [0.4, 0.5) is 12.9 Å². The van der Waals surface area contributed by atoms with Crippen molar-refractivity contribution in [2.24, 2.45) is 0 Å². The Balaban J connectivity index is 0.00000225. The molecule has 0 aliphatic heterocycles. The minimum atomic E-state index is -5.13. The van der Waals surface area contributed by atoms with Crippen molar-refractivity contribution in [1.29, 1.82) is 0 Å². The summed E-state index contributed by atoms with van der Waals surface area (Å²) in [5, 5.41) is 9.29. The zero-order chi connectivity index (χ0) is 11.9. The molecular weight excluding hydrogens is 243 g/mol. The molecule has 0 amide bonds. The topological polar surface area (TPSA) is 20.2 Å². The number of benzene rings is 1. The molecule has 0 unspecified atom stereocenters. The number of phenols is 1. The Labute approximate surface area is 136 Å². The number of phenolic OH excluding ortho intramolecular Hbond substituents is 1. The summed E-state index contributed by atoms with van der Waals surface area (Å²) in [7, 11) is 0. The monoisotopic (exact) mass is 256 g/mol. The van der Waals surface area contributed by atoms with Gasteiger partial charge in [-0.05, 0) is 17.0 Å². The van der Waals surface area contributed by atoms with Gasteiger partial charge in [0.25, 0.3) is 0 Å². The van der Waals surface area contributed by atoms with Crippen molar-refractivity contribution in [3.05, 3.63) is 23.8 Å². The van der Waals surface area contributed by atoms with E-state index in [-0.39, 0.29) is 56.8 Å². The third kappa shape index (κ3) is 4.07. The first-order chi connectivity index (χ1) is 6.62. The van der Waals surface area contributed by atoms with Crippen molar-refractivity contribution in [3.8, 4) is 5.75 Å². The van der Waals surface area contributed by atoms with Crippen LogP contribution in [-0.2, 0) is 5.41 Å². The molecule has 84 valence electrons. The maximum absolute atomic E-state index is 12.4. The van der Waals surface area contributed by atoms with Gasteiger partial charge in [0.15, 0.2) is 0 Å². The van der Waals surface area contributed by atoms with Crippen molar-refractivity contribution < 1.29 is 69.4 Å². The number of rotatable bonds is 1. The van der Waals surface area contributed by atoms with E-state index in [1.54, 1.807) is 0 Å². The predicted molar refractivity (Wildman–Crippen MR) is 55.5 cm³/mol. The Hall–Kier alpha value is 0.511. The fraction of sp³-hybridized carbons (Fsp3) is 0.400. The van der Waals surface area contributed by atoms with Gasteiger partial charge in [0.2, 0.25) is 0 Å². The van der Waals surface area contributed by atoms with Crippen molar-refractivity contribution in [2.45, 2.75) is 26.2 Å². The van der Waals surface area contributed by atoms with E-state index in [9.17, 15) is 18.1 Å². The van der Waals surface area contributed by atoms with Gasteiger partial charge < -0.3 is 18.1 Å². The van der Waals surface area contributed by atoms with Crippen LogP contribution in [0.15, 0.2) is 18.2 Å². The number of halogens is 3. The van der Waals surface area contributed by atoms with Gasteiger partial charge in [0.05, 0.1) is 5.75 Å². The van der Waals surface area contributed by atoms with Gasteiger partial charge >= 0.3 is 58.4 Å². The van der Waals surface area contributed by atoms with E-state index in [1.807, 2.05) is 20.8 Å². The summed E-state index contributed by atoms with van der Waals surface area (Å²) in [5.74, 6) is -0.685. The summed E-state index contributed by atoms with van der Waals surface area (Å²) in [5.41, 5.74) is -0.513. The maximum Gasteiger partial charge on any atom is 1.00 e. The smallest absolute Gasteiger partial charge is 0.511 e. The molecule has 1 aromatic carbocycles. The van der Waals surface area contributed by atoms with Crippen LogP contribution >= 0.6 is 0 Å². The summed E-state index contributed by atoms with van der Waals surface area (Å²) in [4.78, 5) is 0. The summed E-state index contributed by atoms with van der Waals surface area (Å²) in [6.45, 7) is 0.491. The molecule has 0 saturated carbocycles. The van der Waals surface area contributed by atoms with E-state index in [0.717, 1.165) is 6.07 Å². The Morgan fingerprint density at radius 1 is 1.12 bits per heavy atom. The van der Waals surface area contributed by atoms with Crippen LogP contribution in [0, 0.1) is 0 Å². The summed E-state index contributed by atoms with van der Waals surface area (Å²) in [6.07, 6.45) is 0. The van der Waals surface area contributed by atoms with Crippen LogP contribution in [-0.4, -0.2) is 12.1 Å². The van der Waals surface area contributed by atoms with Crippen molar-refractivity contribution >= 4 is 12.4 Å². The van der Waals surface area contributed by atoms with E-state index in [4.69, 9.17) is 0 Å². The fourth-order valence-corrected chi connectivity index (χ4v) is 1.29. The van der Waals surface area contributed by atoms with Crippen LogP contribution in [0.25, 0.3) is 0 Å². The molecule has 0 spiro atoms. The molecule has 0 heterocycles. The molecule has 1 N–H and O–H groups in total. The SMILES string of the molecule is CC(C)(C)c1ccc([B-](F)(F)F)c(O)c1.[K+]. The number of hydrogen-bond acceptors (Lipinski definition) is 1. The minimum absolute atomic E-state index is 0. The first kappa shape index (κ1) is 16.5. The summed E-state index contributed by atoms with van der Waals surface area (Å²) in [6, 6.07) is 3.53. The molecule has 16 heavy (non-hydrogen) atoms. The fourth-order valence-electron chi connectivity index (χ4n) is 1.29. The second kappa shape index (κ2) is 5.44. The van der Waals surface area contributed by atoms with Crippen LogP contribution in [0.3, 0.4) is 0 Å². The molecule has 0 radical (unpaired) electrons. The van der Waals surface area contributed by atoms with Gasteiger partial charge in [-0.15, -0.1) is 0 Å². The Morgan fingerprint density at radius 2 is 1.62 bits per heavy atom. The van der Waals surface area contributed by atoms with E-state index < -0.39 is 18.2 Å². The molecule has 0 aliphatic carbocycles. The third-order valence-electron chi connectivity index (χ3n) is 2.25. The van der Waals surface area contributed by atoms with Crippen molar-refractivity contribution in [2.75, 3.05) is 0 Å². The molecular formula is C10H13BF3KO. The van der Waals surface area contributed by atoms with E-state index in [0.29, 0.717) is 5.56 Å². The van der Waals surface area contributed by atoms with Gasteiger partial charge in [-0.1, -0.05) is 38.4 Å². The molecule has 1 rings (SSSR count). The molecule has 0 bridgehead atoms. The van der Waals surface area contributed by atoms with Crippen LogP contribution < -0.4 is 56.8 Å². The average molecular weight is 256 g/mol. The molecule has 1 aromatic rings. The van der Waals surface area contributed by atoms with Crippen LogP contribution in [0.2, 0.25) is 0 Å². The second-order valence-corrected chi connectivity index (χ2v) is 4.60. The Bertz CT molecular complexity index is 371. The zero-order valence-electron chi connectivity index (χ0n) is 9.89. The first-order valence-corrected chi connectivity index (χ1v) is 4.65. The molecule has 6 heteroatoms. The van der Waals surface area contributed by atoms with Crippen molar-refractivity contribution in [1.82, 2.24) is 0 Å². The Kier molecular flexibility index (Phi) is 5.61. The van der Waals surface area contributed by atoms with Gasteiger partial charge in [-0.2, -0.15) is 0 Å². The molecule has 0 aliphatic rings. The van der Waals surface area contributed by atoms with E-state index in [2.05, 4.69) is 0 Å². The average Bonchev–Trinajstić information content (AvgIpc) is 1.99.